The van der Waals surface area contributed by atoms with Gasteiger partial charge in [-0.15, -0.1) is 0 Å². The van der Waals surface area contributed by atoms with Crippen LogP contribution in [0.3, 0.4) is 0 Å². The van der Waals surface area contributed by atoms with Crippen molar-refractivity contribution >= 4 is 10.0 Å². The van der Waals surface area contributed by atoms with E-state index in [4.69, 9.17) is 0 Å². The molecule has 0 unspecified atom stereocenters. The maximum absolute atomic E-state index is 12.9. The van der Waals surface area contributed by atoms with E-state index in [9.17, 15) is 17.2 Å². The number of sulfonamides is 1. The van der Waals surface area contributed by atoms with Crippen molar-refractivity contribution in [3.8, 4) is 0 Å². The van der Waals surface area contributed by atoms with E-state index in [1.165, 1.54) is 0 Å². The summed E-state index contributed by atoms with van der Waals surface area (Å²) in [5, 5.41) is 0. The molecule has 0 heterocycles. The summed E-state index contributed by atoms with van der Waals surface area (Å²) in [6.45, 7) is 1.75. The molecule has 17 heavy (non-hydrogen) atoms. The molecule has 1 atom stereocenters. The van der Waals surface area contributed by atoms with Crippen LogP contribution in [-0.4, -0.2) is 14.5 Å². The highest BCUT2D eigenvalue weighted by Gasteiger charge is 2.31. The van der Waals surface area contributed by atoms with Gasteiger partial charge in [-0.25, -0.2) is 21.9 Å². The van der Waals surface area contributed by atoms with Gasteiger partial charge in [0.25, 0.3) is 0 Å². The zero-order chi connectivity index (χ0) is 12.6. The molecule has 1 N–H and O–H groups in total. The Morgan fingerprint density at radius 2 is 1.76 bits per heavy atom. The van der Waals surface area contributed by atoms with Gasteiger partial charge in [0, 0.05) is 12.1 Å². The molecule has 6 heteroatoms. The average Bonchev–Trinajstić information content (AvgIpc) is 2.97. The van der Waals surface area contributed by atoms with E-state index in [1.807, 2.05) is 0 Å². The Morgan fingerprint density at radius 3 is 2.24 bits per heavy atom. The van der Waals surface area contributed by atoms with E-state index in [-0.39, 0.29) is 10.9 Å². The number of halogens is 2. The number of benzene rings is 1. The smallest absolute Gasteiger partial charge is 0.208 e. The third-order valence-corrected chi connectivity index (χ3v) is 4.35. The van der Waals surface area contributed by atoms with Crippen LogP contribution in [0.1, 0.15) is 19.8 Å². The summed E-state index contributed by atoms with van der Waals surface area (Å²) >= 11 is 0. The fraction of sp³-hybridized carbons (Fsp3) is 0.455. The zero-order valence-electron chi connectivity index (χ0n) is 9.28. The first-order valence-corrected chi connectivity index (χ1v) is 6.85. The van der Waals surface area contributed by atoms with Crippen LogP contribution in [0, 0.1) is 17.6 Å². The lowest BCUT2D eigenvalue weighted by Gasteiger charge is -2.13. The molecule has 0 aliphatic heterocycles. The topological polar surface area (TPSA) is 46.2 Å². The molecule has 1 aromatic carbocycles. The Kier molecular flexibility index (Phi) is 3.18. The molecule has 1 saturated carbocycles. The summed E-state index contributed by atoms with van der Waals surface area (Å²) in [7, 11) is -3.84. The predicted molar refractivity (Wildman–Crippen MR) is 58.9 cm³/mol. The molecule has 0 amide bonds. The van der Waals surface area contributed by atoms with Crippen LogP contribution in [0.2, 0.25) is 0 Å². The first kappa shape index (κ1) is 12.4. The second kappa shape index (κ2) is 4.34. The lowest BCUT2D eigenvalue weighted by molar-refractivity contribution is 0.532. The van der Waals surface area contributed by atoms with E-state index in [1.54, 1.807) is 6.92 Å². The molecule has 3 nitrogen and oxygen atoms in total. The van der Waals surface area contributed by atoms with Gasteiger partial charge in [-0.2, -0.15) is 0 Å². The highest BCUT2D eigenvalue weighted by atomic mass is 32.2. The minimum absolute atomic E-state index is 0.202. The van der Waals surface area contributed by atoms with Gasteiger partial charge in [0.15, 0.2) is 0 Å². The third kappa shape index (κ3) is 3.01. The molecule has 0 spiro atoms. The Morgan fingerprint density at radius 1 is 1.24 bits per heavy atom. The van der Waals surface area contributed by atoms with Gasteiger partial charge < -0.3 is 0 Å². The minimum atomic E-state index is -3.84. The zero-order valence-corrected chi connectivity index (χ0v) is 10.1. The molecule has 94 valence electrons. The van der Waals surface area contributed by atoms with E-state index >= 15 is 0 Å². The normalized spacial score (nSPS) is 18.1. The SMILES string of the molecule is C[C@H](NS(=O)(=O)c1cc(F)cc(F)c1)C1CC1. The van der Waals surface area contributed by atoms with Crippen LogP contribution < -0.4 is 4.72 Å². The second-order valence-electron chi connectivity index (χ2n) is 4.35. The average molecular weight is 261 g/mol. The second-order valence-corrected chi connectivity index (χ2v) is 6.07. The van der Waals surface area contributed by atoms with Crippen LogP contribution in [0.5, 0.6) is 0 Å². The van der Waals surface area contributed by atoms with E-state index < -0.39 is 21.7 Å². The monoisotopic (exact) mass is 261 g/mol. The summed E-state index contributed by atoms with van der Waals surface area (Å²) in [6.07, 6.45) is 1.97. The molecule has 0 aromatic heterocycles. The standard InChI is InChI=1S/C11H13F2NO2S/c1-7(8-2-3-8)14-17(15,16)11-5-9(12)4-10(13)6-11/h4-8,14H,2-3H2,1H3/t7-/m0/s1. The molecule has 0 radical (unpaired) electrons. The maximum Gasteiger partial charge on any atom is 0.241 e. The fourth-order valence-corrected chi connectivity index (χ4v) is 3.04. The number of hydrogen-bond donors (Lipinski definition) is 1. The summed E-state index contributed by atoms with van der Waals surface area (Å²) in [5.74, 6) is -1.46. The molecule has 0 saturated heterocycles. The first-order valence-electron chi connectivity index (χ1n) is 5.37. The molecule has 1 aliphatic carbocycles. The Balaban J connectivity index is 2.24. The van der Waals surface area contributed by atoms with Crippen molar-refractivity contribution in [2.75, 3.05) is 0 Å². The van der Waals surface area contributed by atoms with Crippen molar-refractivity contribution in [3.05, 3.63) is 29.8 Å². The van der Waals surface area contributed by atoms with Crippen LogP contribution in [0.25, 0.3) is 0 Å². The van der Waals surface area contributed by atoms with Gasteiger partial charge in [-0.05, 0) is 37.8 Å². The van der Waals surface area contributed by atoms with Crippen LogP contribution in [0.15, 0.2) is 23.1 Å². The van der Waals surface area contributed by atoms with Crippen molar-refractivity contribution in [1.29, 1.82) is 0 Å². The third-order valence-electron chi connectivity index (χ3n) is 2.82. The van der Waals surface area contributed by atoms with Crippen molar-refractivity contribution in [3.63, 3.8) is 0 Å². The van der Waals surface area contributed by atoms with Crippen molar-refractivity contribution < 1.29 is 17.2 Å². The van der Waals surface area contributed by atoms with Gasteiger partial charge in [0.1, 0.15) is 11.6 Å². The molecule has 2 rings (SSSR count). The molecule has 1 aromatic rings. The lowest BCUT2D eigenvalue weighted by Crippen LogP contribution is -2.34. The Bertz CT molecular complexity index is 506. The van der Waals surface area contributed by atoms with Gasteiger partial charge in [0.05, 0.1) is 4.90 Å². The predicted octanol–water partition coefficient (Wildman–Crippen LogP) is 2.04. The molecular formula is C11H13F2NO2S. The van der Waals surface area contributed by atoms with Gasteiger partial charge in [-0.1, -0.05) is 0 Å². The highest BCUT2D eigenvalue weighted by molar-refractivity contribution is 7.89. The quantitative estimate of drug-likeness (QED) is 0.901. The number of rotatable bonds is 4. The summed E-state index contributed by atoms with van der Waals surface area (Å²) in [5.41, 5.74) is 0. The summed E-state index contributed by atoms with van der Waals surface area (Å²) in [6, 6.07) is 2.06. The molecule has 1 fully saturated rings. The van der Waals surface area contributed by atoms with Crippen LogP contribution in [0.4, 0.5) is 8.78 Å². The highest BCUT2D eigenvalue weighted by Crippen LogP contribution is 2.33. The Labute approximate surface area is 98.9 Å². The Hall–Kier alpha value is -1.01. The fourth-order valence-electron chi connectivity index (χ4n) is 1.69. The molecule has 0 bridgehead atoms. The van der Waals surface area contributed by atoms with E-state index in [0.717, 1.165) is 25.0 Å². The van der Waals surface area contributed by atoms with Gasteiger partial charge >= 0.3 is 0 Å². The number of hydrogen-bond acceptors (Lipinski definition) is 2. The van der Waals surface area contributed by atoms with Crippen LogP contribution in [-0.2, 0) is 10.0 Å². The van der Waals surface area contributed by atoms with Crippen molar-refractivity contribution in [1.82, 2.24) is 4.72 Å². The molecular weight excluding hydrogens is 248 g/mol. The van der Waals surface area contributed by atoms with E-state index in [0.29, 0.717) is 12.0 Å². The summed E-state index contributed by atoms with van der Waals surface area (Å²) in [4.78, 5) is -0.373. The molecule has 1 aliphatic rings. The van der Waals surface area contributed by atoms with Crippen molar-refractivity contribution in [2.24, 2.45) is 5.92 Å². The van der Waals surface area contributed by atoms with Gasteiger partial charge in [0.2, 0.25) is 10.0 Å². The summed E-state index contributed by atoms with van der Waals surface area (Å²) < 4.78 is 52.0. The first-order chi connectivity index (χ1) is 7.88. The van der Waals surface area contributed by atoms with E-state index in [2.05, 4.69) is 4.72 Å². The van der Waals surface area contributed by atoms with Crippen LogP contribution >= 0.6 is 0 Å². The maximum atomic E-state index is 12.9. The van der Waals surface area contributed by atoms with Crippen molar-refractivity contribution in [2.45, 2.75) is 30.7 Å². The van der Waals surface area contributed by atoms with Gasteiger partial charge in [-0.3, -0.25) is 0 Å². The largest absolute Gasteiger partial charge is 0.241 e. The lowest BCUT2D eigenvalue weighted by atomic mass is 10.2. The number of nitrogens with one attached hydrogen (secondary N) is 1. The minimum Gasteiger partial charge on any atom is -0.208 e.